The van der Waals surface area contributed by atoms with E-state index >= 15 is 0 Å². The van der Waals surface area contributed by atoms with E-state index in [4.69, 9.17) is 22.2 Å². The lowest BCUT2D eigenvalue weighted by molar-refractivity contribution is -0.178. The summed E-state index contributed by atoms with van der Waals surface area (Å²) in [4.78, 5) is 16.4. The minimum Gasteiger partial charge on any atom is -0.399 e. The number of nitrogens with zero attached hydrogens (tertiary/aromatic N) is 1. The first-order valence-corrected chi connectivity index (χ1v) is 5.34. The molecule has 0 aromatic heterocycles. The third kappa shape index (κ3) is 3.12. The molecule has 0 aliphatic carbocycles. The van der Waals surface area contributed by atoms with E-state index in [0.717, 1.165) is 5.56 Å². The van der Waals surface area contributed by atoms with Crippen LogP contribution in [0.2, 0.25) is 5.02 Å². The predicted octanol–water partition coefficient (Wildman–Crippen LogP) is 2.22. The summed E-state index contributed by atoms with van der Waals surface area (Å²) in [5.74, 6) is -0.0876. The van der Waals surface area contributed by atoms with Crippen molar-refractivity contribution >= 4 is 23.2 Å². The van der Waals surface area contributed by atoms with E-state index < -0.39 is 0 Å². The molecule has 0 saturated heterocycles. The molecule has 0 spiro atoms. The Morgan fingerprint density at radius 1 is 1.56 bits per heavy atom. The van der Waals surface area contributed by atoms with Crippen molar-refractivity contribution in [3.05, 3.63) is 28.8 Å². The Morgan fingerprint density at radius 2 is 2.25 bits per heavy atom. The van der Waals surface area contributed by atoms with Gasteiger partial charge in [0.05, 0.1) is 13.7 Å². The molecule has 0 aliphatic heterocycles. The second-order valence-electron chi connectivity index (χ2n) is 3.32. The number of benzene rings is 1. The average molecular weight is 243 g/mol. The minimum absolute atomic E-state index is 0.0876. The van der Waals surface area contributed by atoms with Gasteiger partial charge in [-0.1, -0.05) is 24.6 Å². The Kier molecular flexibility index (Phi) is 4.58. The first kappa shape index (κ1) is 12.8. The normalized spacial score (nSPS) is 10.2. The molecule has 16 heavy (non-hydrogen) atoms. The van der Waals surface area contributed by atoms with E-state index in [1.807, 2.05) is 0 Å². The molecule has 0 unspecified atom stereocenters. The van der Waals surface area contributed by atoms with Crippen molar-refractivity contribution in [2.24, 2.45) is 0 Å². The Morgan fingerprint density at radius 3 is 2.75 bits per heavy atom. The standard InChI is InChI=1S/C11H15ClN2O2/c1-3-11(15)14(16-2)7-8-4-5-9(13)6-10(8)12/h4-6H,3,7,13H2,1-2H3. The maximum Gasteiger partial charge on any atom is 0.246 e. The van der Waals surface area contributed by atoms with Crippen LogP contribution >= 0.6 is 11.6 Å². The molecule has 0 fully saturated rings. The molecule has 0 heterocycles. The summed E-state index contributed by atoms with van der Waals surface area (Å²) in [7, 11) is 1.46. The summed E-state index contributed by atoms with van der Waals surface area (Å²) in [6.07, 6.45) is 0.389. The predicted molar refractivity (Wildman–Crippen MR) is 63.7 cm³/mol. The number of nitrogen functional groups attached to an aromatic ring is 1. The maximum atomic E-state index is 11.5. The van der Waals surface area contributed by atoms with Crippen LogP contribution in [0, 0.1) is 0 Å². The van der Waals surface area contributed by atoms with E-state index in [0.29, 0.717) is 23.7 Å². The van der Waals surface area contributed by atoms with Crippen LogP contribution in [0.25, 0.3) is 0 Å². The molecular formula is C11H15ClN2O2. The van der Waals surface area contributed by atoms with E-state index in [-0.39, 0.29) is 5.91 Å². The first-order valence-electron chi connectivity index (χ1n) is 4.96. The van der Waals surface area contributed by atoms with Gasteiger partial charge in [-0.2, -0.15) is 0 Å². The number of hydrogen-bond donors (Lipinski definition) is 1. The highest BCUT2D eigenvalue weighted by atomic mass is 35.5. The van der Waals surface area contributed by atoms with E-state index in [9.17, 15) is 4.79 Å². The summed E-state index contributed by atoms with van der Waals surface area (Å²) in [5, 5.41) is 1.81. The third-order valence-corrected chi connectivity index (χ3v) is 2.54. The first-order chi connectivity index (χ1) is 7.58. The molecule has 88 valence electrons. The zero-order chi connectivity index (χ0) is 12.1. The molecule has 0 radical (unpaired) electrons. The van der Waals surface area contributed by atoms with Crippen molar-refractivity contribution in [3.8, 4) is 0 Å². The van der Waals surface area contributed by atoms with Crippen molar-refractivity contribution in [1.82, 2.24) is 5.06 Å². The molecule has 0 atom stereocenters. The second kappa shape index (κ2) is 5.72. The van der Waals surface area contributed by atoms with E-state index in [1.165, 1.54) is 12.2 Å². The number of carbonyl (C=O) groups excluding carboxylic acids is 1. The third-order valence-electron chi connectivity index (χ3n) is 2.19. The molecule has 4 nitrogen and oxygen atoms in total. The largest absolute Gasteiger partial charge is 0.399 e. The summed E-state index contributed by atoms with van der Waals surface area (Å²) in [5.41, 5.74) is 6.98. The van der Waals surface area contributed by atoms with Crippen LogP contribution < -0.4 is 5.73 Å². The Hall–Kier alpha value is -1.26. The summed E-state index contributed by atoms with van der Waals surface area (Å²) >= 11 is 6.00. The van der Waals surface area contributed by atoms with Crippen molar-refractivity contribution in [3.63, 3.8) is 0 Å². The van der Waals surface area contributed by atoms with Crippen LogP contribution in [0.5, 0.6) is 0 Å². The Bertz CT molecular complexity index is 382. The second-order valence-corrected chi connectivity index (χ2v) is 3.72. The van der Waals surface area contributed by atoms with Gasteiger partial charge in [0, 0.05) is 17.1 Å². The van der Waals surface area contributed by atoms with Gasteiger partial charge in [-0.05, 0) is 17.7 Å². The number of hydrogen-bond acceptors (Lipinski definition) is 3. The Balaban J connectivity index is 2.82. The molecule has 1 aromatic carbocycles. The van der Waals surface area contributed by atoms with Crippen LogP contribution in [-0.2, 0) is 16.2 Å². The van der Waals surface area contributed by atoms with Gasteiger partial charge in [-0.25, -0.2) is 5.06 Å². The number of anilines is 1. The molecule has 2 N–H and O–H groups in total. The van der Waals surface area contributed by atoms with Gasteiger partial charge < -0.3 is 5.73 Å². The summed E-state index contributed by atoms with van der Waals surface area (Å²) in [6, 6.07) is 5.18. The van der Waals surface area contributed by atoms with Gasteiger partial charge in [-0.15, -0.1) is 0 Å². The molecule has 5 heteroatoms. The summed E-state index contributed by atoms with van der Waals surface area (Å²) in [6.45, 7) is 2.10. The number of amides is 1. The molecule has 0 bridgehead atoms. The highest BCUT2D eigenvalue weighted by Gasteiger charge is 2.13. The fourth-order valence-corrected chi connectivity index (χ4v) is 1.53. The number of carbonyl (C=O) groups is 1. The van der Waals surface area contributed by atoms with Gasteiger partial charge in [-0.3, -0.25) is 9.63 Å². The molecule has 0 saturated carbocycles. The van der Waals surface area contributed by atoms with Crippen LogP contribution in [0.4, 0.5) is 5.69 Å². The molecule has 1 aromatic rings. The SMILES string of the molecule is CCC(=O)N(Cc1ccc(N)cc1Cl)OC. The van der Waals surface area contributed by atoms with E-state index in [2.05, 4.69) is 0 Å². The van der Waals surface area contributed by atoms with Crippen molar-refractivity contribution < 1.29 is 9.63 Å². The highest BCUT2D eigenvalue weighted by Crippen LogP contribution is 2.20. The topological polar surface area (TPSA) is 55.6 Å². The highest BCUT2D eigenvalue weighted by molar-refractivity contribution is 6.31. The average Bonchev–Trinajstić information content (AvgIpc) is 2.27. The maximum absolute atomic E-state index is 11.5. The smallest absolute Gasteiger partial charge is 0.246 e. The molecule has 0 aliphatic rings. The van der Waals surface area contributed by atoms with Gasteiger partial charge >= 0.3 is 0 Å². The Labute approximate surface area is 99.9 Å². The van der Waals surface area contributed by atoms with E-state index in [1.54, 1.807) is 25.1 Å². The van der Waals surface area contributed by atoms with Gasteiger partial charge in [0.1, 0.15) is 0 Å². The number of rotatable bonds is 4. The van der Waals surface area contributed by atoms with Crippen molar-refractivity contribution in [2.75, 3.05) is 12.8 Å². The van der Waals surface area contributed by atoms with Crippen LogP contribution in [0.1, 0.15) is 18.9 Å². The zero-order valence-corrected chi connectivity index (χ0v) is 10.1. The minimum atomic E-state index is -0.0876. The van der Waals surface area contributed by atoms with Crippen molar-refractivity contribution in [2.45, 2.75) is 19.9 Å². The van der Waals surface area contributed by atoms with Gasteiger partial charge in [0.15, 0.2) is 0 Å². The lowest BCUT2D eigenvalue weighted by Crippen LogP contribution is -2.28. The fraction of sp³-hybridized carbons (Fsp3) is 0.364. The number of hydroxylamine groups is 2. The van der Waals surface area contributed by atoms with Crippen LogP contribution in [-0.4, -0.2) is 18.1 Å². The molecule has 1 amide bonds. The lowest BCUT2D eigenvalue weighted by Gasteiger charge is -2.19. The van der Waals surface area contributed by atoms with Crippen molar-refractivity contribution in [1.29, 1.82) is 0 Å². The van der Waals surface area contributed by atoms with Gasteiger partial charge in [0.25, 0.3) is 0 Å². The monoisotopic (exact) mass is 242 g/mol. The lowest BCUT2D eigenvalue weighted by atomic mass is 10.2. The molecular weight excluding hydrogens is 228 g/mol. The van der Waals surface area contributed by atoms with Gasteiger partial charge in [0.2, 0.25) is 5.91 Å². The van der Waals surface area contributed by atoms with Crippen LogP contribution in [0.3, 0.4) is 0 Å². The quantitative estimate of drug-likeness (QED) is 0.651. The summed E-state index contributed by atoms with van der Waals surface area (Å²) < 4.78 is 0. The number of halogens is 1. The van der Waals surface area contributed by atoms with Crippen LogP contribution in [0.15, 0.2) is 18.2 Å². The number of nitrogens with two attached hydrogens (primary N) is 1. The zero-order valence-electron chi connectivity index (χ0n) is 9.37. The molecule has 1 rings (SSSR count). The fourth-order valence-electron chi connectivity index (χ4n) is 1.28.